The Morgan fingerprint density at radius 2 is 1.33 bits per heavy atom. The Morgan fingerprint density at radius 1 is 1.00 bits per heavy atom. The van der Waals surface area contributed by atoms with Gasteiger partial charge in [0.1, 0.15) is 0 Å². The van der Waals surface area contributed by atoms with Crippen LogP contribution in [0.4, 0.5) is 0 Å². The molecule has 0 aliphatic heterocycles. The molecule has 1 aromatic carbocycles. The van der Waals surface area contributed by atoms with E-state index in [0.717, 1.165) is 0 Å². The predicted molar refractivity (Wildman–Crippen MR) is 54.4 cm³/mol. The summed E-state index contributed by atoms with van der Waals surface area (Å²) in [5.74, 6) is 0. The average molecular weight is 228 g/mol. The van der Waals surface area contributed by atoms with Gasteiger partial charge in [-0.2, -0.15) is 0 Å². The maximum Gasteiger partial charge on any atom is 0.0778 e. The van der Waals surface area contributed by atoms with Gasteiger partial charge < -0.3 is 4.74 Å². The molecule has 0 aliphatic rings. The molecule has 12 heavy (non-hydrogen) atoms. The quantitative estimate of drug-likeness (QED) is 0.611. The van der Waals surface area contributed by atoms with Crippen LogP contribution in [0.3, 0.4) is 0 Å². The first-order chi connectivity index (χ1) is 5.63. The molecule has 0 heterocycles. The van der Waals surface area contributed by atoms with Gasteiger partial charge in [0.15, 0.2) is 0 Å². The molecule has 1 nitrogen and oxygen atoms in total. The number of benzene rings is 1. The number of ether oxygens (including phenoxy) is 1. The Bertz CT molecular complexity index is 217. The van der Waals surface area contributed by atoms with E-state index in [2.05, 4.69) is 4.74 Å². The van der Waals surface area contributed by atoms with Crippen LogP contribution in [-0.4, -0.2) is 14.2 Å². The summed E-state index contributed by atoms with van der Waals surface area (Å²) in [7, 11) is 3.25. The molecule has 1 rings (SSSR count). The van der Waals surface area contributed by atoms with Gasteiger partial charge in [0.05, 0.1) is 15.1 Å². The van der Waals surface area contributed by atoms with Gasteiger partial charge in [0, 0.05) is 14.2 Å². The maximum atomic E-state index is 5.61. The molecule has 0 aliphatic carbocycles. The van der Waals surface area contributed by atoms with E-state index in [1.807, 2.05) is 0 Å². The summed E-state index contributed by atoms with van der Waals surface area (Å²) in [4.78, 5) is 0. The third kappa shape index (κ3) is 4.17. The second-order valence-corrected chi connectivity index (χ2v) is 3.14. The van der Waals surface area contributed by atoms with Crippen molar-refractivity contribution < 1.29 is 4.74 Å². The Hall–Kier alpha value is 0.0500. The predicted octanol–water partition coefficient (Wildman–Crippen LogP) is 3.91. The third-order valence-electron chi connectivity index (χ3n) is 0.904. The first-order valence-electron chi connectivity index (χ1n) is 3.13. The molecule has 0 amide bonds. The molecule has 0 bridgehead atoms. The van der Waals surface area contributed by atoms with E-state index in [0.29, 0.717) is 15.1 Å². The maximum absolute atomic E-state index is 5.61. The Balaban J connectivity index is 0.000000354. The molecule has 0 saturated carbocycles. The summed E-state index contributed by atoms with van der Waals surface area (Å²) in [5.41, 5.74) is 0. The van der Waals surface area contributed by atoms with Crippen LogP contribution in [0, 0.1) is 0 Å². The number of halogens is 3. The largest absolute Gasteiger partial charge is 0.388 e. The number of rotatable bonds is 0. The lowest BCUT2D eigenvalue weighted by atomic mass is 10.4. The fourth-order valence-corrected chi connectivity index (χ4v) is 1.00. The molecule has 0 fully saturated rings. The minimum absolute atomic E-state index is 0.417. The molecular formula is C8H9Cl3O. The third-order valence-corrected chi connectivity index (χ3v) is 2.14. The molecule has 0 spiro atoms. The van der Waals surface area contributed by atoms with E-state index in [4.69, 9.17) is 34.8 Å². The molecule has 0 N–H and O–H groups in total. The zero-order valence-corrected chi connectivity index (χ0v) is 9.04. The Morgan fingerprint density at radius 3 is 1.58 bits per heavy atom. The van der Waals surface area contributed by atoms with Gasteiger partial charge in [0.2, 0.25) is 0 Å². The smallest absolute Gasteiger partial charge is 0.0778 e. The van der Waals surface area contributed by atoms with E-state index in [9.17, 15) is 0 Å². The number of hydrogen-bond donors (Lipinski definition) is 0. The standard InChI is InChI=1S/C6H3Cl3.C2H6O/c7-4-2-1-3-5(8)6(4)9;1-3-2/h1-3H;1-2H3. The van der Waals surface area contributed by atoms with Crippen LogP contribution in [0.25, 0.3) is 0 Å². The lowest BCUT2D eigenvalue weighted by Crippen LogP contribution is -1.67. The van der Waals surface area contributed by atoms with E-state index in [1.54, 1.807) is 32.4 Å². The van der Waals surface area contributed by atoms with Crippen LogP contribution < -0.4 is 0 Å². The van der Waals surface area contributed by atoms with Crippen molar-refractivity contribution in [2.45, 2.75) is 0 Å². The van der Waals surface area contributed by atoms with E-state index in [-0.39, 0.29) is 0 Å². The molecule has 0 aromatic heterocycles. The first kappa shape index (κ1) is 12.0. The average Bonchev–Trinajstić information content (AvgIpc) is 2.02. The van der Waals surface area contributed by atoms with Crippen molar-refractivity contribution in [3.63, 3.8) is 0 Å². The van der Waals surface area contributed by atoms with Crippen LogP contribution in [0.2, 0.25) is 15.1 Å². The van der Waals surface area contributed by atoms with Gasteiger partial charge in [-0.1, -0.05) is 40.9 Å². The van der Waals surface area contributed by atoms with E-state index < -0.39 is 0 Å². The Kier molecular flexibility index (Phi) is 6.58. The fourth-order valence-electron chi connectivity index (χ4n) is 0.477. The first-order valence-corrected chi connectivity index (χ1v) is 4.26. The fraction of sp³-hybridized carbons (Fsp3) is 0.250. The number of methoxy groups -OCH3 is 1. The minimum Gasteiger partial charge on any atom is -0.388 e. The second kappa shape index (κ2) is 6.55. The molecule has 0 radical (unpaired) electrons. The van der Waals surface area contributed by atoms with Crippen LogP contribution in [0.15, 0.2) is 18.2 Å². The molecule has 0 atom stereocenters. The highest BCUT2D eigenvalue weighted by Crippen LogP contribution is 2.28. The van der Waals surface area contributed by atoms with Crippen molar-refractivity contribution in [2.24, 2.45) is 0 Å². The summed E-state index contributed by atoms with van der Waals surface area (Å²) >= 11 is 16.8. The van der Waals surface area contributed by atoms with Crippen molar-refractivity contribution >= 4 is 34.8 Å². The lowest BCUT2D eigenvalue weighted by molar-refractivity contribution is 0.277. The van der Waals surface area contributed by atoms with Crippen LogP contribution in [0.1, 0.15) is 0 Å². The van der Waals surface area contributed by atoms with Crippen molar-refractivity contribution in [2.75, 3.05) is 14.2 Å². The van der Waals surface area contributed by atoms with Crippen molar-refractivity contribution in [1.82, 2.24) is 0 Å². The van der Waals surface area contributed by atoms with Gasteiger partial charge in [-0.05, 0) is 12.1 Å². The zero-order valence-electron chi connectivity index (χ0n) is 6.77. The molecule has 0 unspecified atom stereocenters. The van der Waals surface area contributed by atoms with Crippen molar-refractivity contribution in [1.29, 1.82) is 0 Å². The molecule has 1 aromatic rings. The van der Waals surface area contributed by atoms with Crippen LogP contribution in [0.5, 0.6) is 0 Å². The van der Waals surface area contributed by atoms with Crippen molar-refractivity contribution in [3.8, 4) is 0 Å². The lowest BCUT2D eigenvalue weighted by Gasteiger charge is -1.94. The second-order valence-electron chi connectivity index (χ2n) is 1.94. The minimum atomic E-state index is 0.417. The molecule has 0 saturated heterocycles. The highest BCUT2D eigenvalue weighted by molar-refractivity contribution is 6.47. The molecular weight excluding hydrogens is 218 g/mol. The summed E-state index contributed by atoms with van der Waals surface area (Å²) in [5, 5.41) is 1.40. The van der Waals surface area contributed by atoms with E-state index in [1.165, 1.54) is 0 Å². The SMILES string of the molecule is COC.Clc1cccc(Cl)c1Cl. The van der Waals surface area contributed by atoms with Crippen LogP contribution in [-0.2, 0) is 4.74 Å². The Labute approximate surface area is 87.2 Å². The summed E-state index contributed by atoms with van der Waals surface area (Å²) in [6.45, 7) is 0. The normalized spacial score (nSPS) is 8.75. The molecule has 4 heteroatoms. The topological polar surface area (TPSA) is 9.23 Å². The molecule has 68 valence electrons. The highest BCUT2D eigenvalue weighted by atomic mass is 35.5. The van der Waals surface area contributed by atoms with Gasteiger partial charge in [-0.25, -0.2) is 0 Å². The highest BCUT2D eigenvalue weighted by Gasteiger charge is 1.98. The monoisotopic (exact) mass is 226 g/mol. The van der Waals surface area contributed by atoms with Gasteiger partial charge >= 0.3 is 0 Å². The summed E-state index contributed by atoms with van der Waals surface area (Å²) in [6.07, 6.45) is 0. The zero-order chi connectivity index (χ0) is 9.56. The van der Waals surface area contributed by atoms with Crippen molar-refractivity contribution in [3.05, 3.63) is 33.3 Å². The van der Waals surface area contributed by atoms with Gasteiger partial charge in [-0.3, -0.25) is 0 Å². The van der Waals surface area contributed by atoms with Gasteiger partial charge in [0.25, 0.3) is 0 Å². The van der Waals surface area contributed by atoms with Gasteiger partial charge in [-0.15, -0.1) is 0 Å². The number of hydrogen-bond acceptors (Lipinski definition) is 1. The van der Waals surface area contributed by atoms with E-state index >= 15 is 0 Å². The summed E-state index contributed by atoms with van der Waals surface area (Å²) < 4.78 is 4.25. The summed E-state index contributed by atoms with van der Waals surface area (Å²) in [6, 6.07) is 5.13. The van der Waals surface area contributed by atoms with Crippen LogP contribution >= 0.6 is 34.8 Å².